The largest absolute Gasteiger partial charge is 0.354 e. The van der Waals surface area contributed by atoms with Crippen LogP contribution in [0, 0.1) is 6.92 Å². The summed E-state index contributed by atoms with van der Waals surface area (Å²) in [4.78, 5) is 27.3. The molecule has 1 aromatic carbocycles. The minimum atomic E-state index is -0.613. The summed E-state index contributed by atoms with van der Waals surface area (Å²) in [6.07, 6.45) is 1.29. The number of carbonyl (C=O) groups excluding carboxylic acids is 1. The molecule has 4 aromatic rings. The summed E-state index contributed by atoms with van der Waals surface area (Å²) >= 11 is 3.25. The van der Waals surface area contributed by atoms with Gasteiger partial charge in [-0.05, 0) is 37.3 Å². The lowest BCUT2D eigenvalue weighted by atomic mass is 10.1. The third kappa shape index (κ3) is 3.36. The van der Waals surface area contributed by atoms with Crippen molar-refractivity contribution in [3.63, 3.8) is 0 Å². The van der Waals surface area contributed by atoms with E-state index in [2.05, 4.69) is 16.5 Å². The molecule has 0 spiro atoms. The van der Waals surface area contributed by atoms with E-state index in [1.54, 1.807) is 22.7 Å². The monoisotopic (exact) mass is 411 g/mol. The average molecular weight is 412 g/mol. The second kappa shape index (κ2) is 7.85. The molecule has 0 aliphatic heterocycles. The highest BCUT2D eigenvalue weighted by atomic mass is 32.1. The summed E-state index contributed by atoms with van der Waals surface area (Å²) in [6, 6.07) is 11.3. The van der Waals surface area contributed by atoms with Crippen molar-refractivity contribution in [1.82, 2.24) is 15.1 Å². The fraction of sp³-hybridized carbons (Fsp3) is 0.286. The fourth-order valence-corrected chi connectivity index (χ4v) is 5.29. The van der Waals surface area contributed by atoms with Gasteiger partial charge in [-0.3, -0.25) is 9.59 Å². The van der Waals surface area contributed by atoms with Crippen LogP contribution in [0.1, 0.15) is 30.0 Å². The second-order valence-electron chi connectivity index (χ2n) is 6.68. The Kier molecular flexibility index (Phi) is 5.28. The molecule has 3 heterocycles. The lowest BCUT2D eigenvalue weighted by molar-refractivity contribution is -0.124. The van der Waals surface area contributed by atoms with Crippen molar-refractivity contribution < 1.29 is 4.79 Å². The third-order valence-electron chi connectivity index (χ3n) is 4.84. The van der Waals surface area contributed by atoms with E-state index < -0.39 is 6.04 Å². The number of benzene rings is 1. The SMILES string of the molecule is CC[C@H](C(=O)NCCc1cccs1)n1nc(C)c2sc3ccccc3c2c1=O. The molecular weight excluding hydrogens is 390 g/mol. The van der Waals surface area contributed by atoms with Crippen LogP contribution in [-0.4, -0.2) is 22.2 Å². The first-order valence-corrected chi connectivity index (χ1v) is 11.0. The van der Waals surface area contributed by atoms with Gasteiger partial charge in [-0.1, -0.05) is 31.2 Å². The van der Waals surface area contributed by atoms with Crippen LogP contribution in [0.2, 0.25) is 0 Å². The zero-order chi connectivity index (χ0) is 19.7. The van der Waals surface area contributed by atoms with E-state index in [4.69, 9.17) is 0 Å². The quantitative estimate of drug-likeness (QED) is 0.515. The molecule has 7 heteroatoms. The number of aromatic nitrogens is 2. The predicted molar refractivity (Wildman–Crippen MR) is 116 cm³/mol. The molecule has 0 bridgehead atoms. The van der Waals surface area contributed by atoms with Crippen LogP contribution >= 0.6 is 22.7 Å². The van der Waals surface area contributed by atoms with Gasteiger partial charge in [0.25, 0.3) is 5.56 Å². The van der Waals surface area contributed by atoms with Gasteiger partial charge in [0.15, 0.2) is 0 Å². The molecule has 5 nitrogen and oxygen atoms in total. The Labute approximate surface area is 170 Å². The normalized spacial score (nSPS) is 12.5. The van der Waals surface area contributed by atoms with Crippen LogP contribution in [0.3, 0.4) is 0 Å². The second-order valence-corrected chi connectivity index (χ2v) is 8.77. The molecule has 0 aliphatic rings. The number of thiophene rings is 2. The van der Waals surface area contributed by atoms with Crippen molar-refractivity contribution >= 4 is 48.8 Å². The Morgan fingerprint density at radius 2 is 2.07 bits per heavy atom. The zero-order valence-corrected chi connectivity index (χ0v) is 17.4. The predicted octanol–water partition coefficient (Wildman–Crippen LogP) is 4.29. The molecule has 0 saturated carbocycles. The van der Waals surface area contributed by atoms with Crippen LogP contribution in [0.4, 0.5) is 0 Å². The Morgan fingerprint density at radius 3 is 2.82 bits per heavy atom. The van der Waals surface area contributed by atoms with E-state index >= 15 is 0 Å². The van der Waals surface area contributed by atoms with Gasteiger partial charge in [0.1, 0.15) is 6.04 Å². The Hall–Kier alpha value is -2.51. The van der Waals surface area contributed by atoms with Crippen LogP contribution in [-0.2, 0) is 11.2 Å². The van der Waals surface area contributed by atoms with Crippen LogP contribution < -0.4 is 10.9 Å². The number of nitrogens with zero attached hydrogens (tertiary/aromatic N) is 2. The maximum absolute atomic E-state index is 13.2. The van der Waals surface area contributed by atoms with Gasteiger partial charge in [0.2, 0.25) is 5.91 Å². The number of hydrogen-bond acceptors (Lipinski definition) is 5. The minimum absolute atomic E-state index is 0.160. The summed E-state index contributed by atoms with van der Waals surface area (Å²) in [5.74, 6) is -0.160. The van der Waals surface area contributed by atoms with Crippen molar-refractivity contribution in [2.45, 2.75) is 32.7 Å². The topological polar surface area (TPSA) is 64.0 Å². The van der Waals surface area contributed by atoms with E-state index in [1.807, 2.05) is 49.6 Å². The average Bonchev–Trinajstić information content (AvgIpc) is 3.34. The van der Waals surface area contributed by atoms with Crippen molar-refractivity contribution in [2.75, 3.05) is 6.54 Å². The molecule has 0 unspecified atom stereocenters. The first kappa shape index (κ1) is 18.8. The van der Waals surface area contributed by atoms with Crippen LogP contribution in [0.25, 0.3) is 20.2 Å². The lowest BCUT2D eigenvalue weighted by Crippen LogP contribution is -2.39. The number of fused-ring (bicyclic) bond motifs is 3. The highest BCUT2D eigenvalue weighted by molar-refractivity contribution is 7.26. The number of aryl methyl sites for hydroxylation is 1. The van der Waals surface area contributed by atoms with E-state index in [-0.39, 0.29) is 11.5 Å². The highest BCUT2D eigenvalue weighted by Crippen LogP contribution is 2.33. The maximum atomic E-state index is 13.2. The number of rotatable bonds is 6. The third-order valence-corrected chi connectivity index (χ3v) is 7.05. The molecule has 3 aromatic heterocycles. The summed E-state index contributed by atoms with van der Waals surface area (Å²) in [7, 11) is 0. The fourth-order valence-electron chi connectivity index (χ4n) is 3.44. The van der Waals surface area contributed by atoms with Gasteiger partial charge >= 0.3 is 0 Å². The molecule has 1 atom stereocenters. The van der Waals surface area contributed by atoms with Gasteiger partial charge < -0.3 is 5.32 Å². The Morgan fingerprint density at radius 1 is 1.25 bits per heavy atom. The number of hydrogen-bond donors (Lipinski definition) is 1. The highest BCUT2D eigenvalue weighted by Gasteiger charge is 2.24. The summed E-state index contributed by atoms with van der Waals surface area (Å²) in [6.45, 7) is 4.35. The molecular formula is C21H21N3O2S2. The number of amides is 1. The molecule has 1 N–H and O–H groups in total. The smallest absolute Gasteiger partial charge is 0.276 e. The van der Waals surface area contributed by atoms with Crippen molar-refractivity contribution in [3.05, 3.63) is 62.7 Å². The minimum Gasteiger partial charge on any atom is -0.354 e. The van der Waals surface area contributed by atoms with E-state index in [1.165, 1.54) is 9.56 Å². The van der Waals surface area contributed by atoms with Crippen LogP contribution in [0.15, 0.2) is 46.6 Å². The first-order valence-electron chi connectivity index (χ1n) is 9.31. The van der Waals surface area contributed by atoms with E-state index in [0.29, 0.717) is 18.4 Å². The molecule has 0 radical (unpaired) electrons. The first-order chi connectivity index (χ1) is 13.6. The zero-order valence-electron chi connectivity index (χ0n) is 15.8. The van der Waals surface area contributed by atoms with Gasteiger partial charge in [-0.2, -0.15) is 5.10 Å². The van der Waals surface area contributed by atoms with Gasteiger partial charge in [0.05, 0.1) is 15.8 Å². The van der Waals surface area contributed by atoms with Crippen LogP contribution in [0.5, 0.6) is 0 Å². The van der Waals surface area contributed by atoms with Gasteiger partial charge in [-0.15, -0.1) is 22.7 Å². The summed E-state index contributed by atoms with van der Waals surface area (Å²) in [5, 5.41) is 11.1. The summed E-state index contributed by atoms with van der Waals surface area (Å²) in [5.41, 5.74) is 0.582. The van der Waals surface area contributed by atoms with E-state index in [0.717, 1.165) is 26.9 Å². The van der Waals surface area contributed by atoms with Crippen molar-refractivity contribution in [2.24, 2.45) is 0 Å². The molecule has 0 fully saturated rings. The molecule has 0 saturated heterocycles. The Bertz CT molecular complexity index is 1190. The molecule has 1 amide bonds. The molecule has 0 aliphatic carbocycles. The lowest BCUT2D eigenvalue weighted by Gasteiger charge is -2.17. The molecule has 28 heavy (non-hydrogen) atoms. The molecule has 144 valence electrons. The maximum Gasteiger partial charge on any atom is 0.276 e. The molecule has 4 rings (SSSR count). The Balaban J connectivity index is 1.67. The van der Waals surface area contributed by atoms with E-state index in [9.17, 15) is 9.59 Å². The van der Waals surface area contributed by atoms with Gasteiger partial charge in [-0.25, -0.2) is 4.68 Å². The number of nitrogens with one attached hydrogen (secondary N) is 1. The van der Waals surface area contributed by atoms with Crippen molar-refractivity contribution in [1.29, 1.82) is 0 Å². The number of carbonyl (C=O) groups is 1. The summed E-state index contributed by atoms with van der Waals surface area (Å²) < 4.78 is 3.33. The standard InChI is InChI=1S/C21H21N3O2S2/c1-3-16(20(25)22-11-10-14-7-6-12-27-14)24-21(26)18-15-8-4-5-9-17(15)28-19(18)13(2)23-24/h4-9,12,16H,3,10-11H2,1-2H3,(H,22,25)/t16-/m1/s1. The van der Waals surface area contributed by atoms with Gasteiger partial charge in [0, 0.05) is 21.5 Å². The van der Waals surface area contributed by atoms with Crippen molar-refractivity contribution in [3.8, 4) is 0 Å².